The van der Waals surface area contributed by atoms with Gasteiger partial charge in [-0.15, -0.1) is 0 Å². The van der Waals surface area contributed by atoms with Crippen LogP contribution in [0.5, 0.6) is 0 Å². The lowest BCUT2D eigenvalue weighted by Gasteiger charge is -2.29. The van der Waals surface area contributed by atoms with E-state index in [4.69, 9.17) is 0 Å². The van der Waals surface area contributed by atoms with Gasteiger partial charge in [0.2, 0.25) is 0 Å². The van der Waals surface area contributed by atoms with Crippen molar-refractivity contribution in [2.24, 2.45) is 0 Å². The molecule has 8 heteroatoms. The molecule has 0 amide bonds. The van der Waals surface area contributed by atoms with Crippen molar-refractivity contribution in [1.82, 2.24) is 0 Å². The Morgan fingerprint density at radius 1 is 0.871 bits per heavy atom. The van der Waals surface area contributed by atoms with Crippen LogP contribution >= 0.6 is 0 Å². The molecule has 0 N–H and O–H groups in total. The van der Waals surface area contributed by atoms with Crippen LogP contribution in [0.2, 0.25) is 0 Å². The van der Waals surface area contributed by atoms with Crippen LogP contribution < -0.4 is 4.31 Å². The molecule has 0 saturated carbocycles. The molecule has 1 heterocycles. The predicted molar refractivity (Wildman–Crippen MR) is 111 cm³/mol. The Kier molecular flexibility index (Phi) is 5.13. The highest BCUT2D eigenvalue weighted by molar-refractivity contribution is 7.93. The maximum absolute atomic E-state index is 14.2. The highest BCUT2D eigenvalue weighted by Gasteiger charge is 2.58. The number of benzene rings is 3. The van der Waals surface area contributed by atoms with Crippen molar-refractivity contribution >= 4 is 21.5 Å². The Bertz CT molecular complexity index is 1220. The lowest BCUT2D eigenvalue weighted by atomic mass is 9.89. The highest BCUT2D eigenvalue weighted by atomic mass is 32.2. The molecular formula is C23H18F3NO3S. The number of rotatable bonds is 4. The average molecular weight is 445 g/mol. The summed E-state index contributed by atoms with van der Waals surface area (Å²) in [5.74, 6) is -3.19. The van der Waals surface area contributed by atoms with Crippen molar-refractivity contribution in [2.45, 2.75) is 30.0 Å². The lowest BCUT2D eigenvalue weighted by Crippen LogP contribution is -2.47. The van der Waals surface area contributed by atoms with Crippen molar-refractivity contribution < 1.29 is 26.4 Å². The highest BCUT2D eigenvalue weighted by Crippen LogP contribution is 2.51. The van der Waals surface area contributed by atoms with Crippen molar-refractivity contribution in [1.29, 1.82) is 0 Å². The van der Waals surface area contributed by atoms with E-state index in [1.165, 1.54) is 60.7 Å². The van der Waals surface area contributed by atoms with Crippen LogP contribution in [0.1, 0.15) is 27.4 Å². The number of aryl methyl sites for hydroxylation is 1. The van der Waals surface area contributed by atoms with Crippen LogP contribution in [0.4, 0.5) is 18.9 Å². The number of halogens is 3. The monoisotopic (exact) mass is 445 g/mol. The number of nitrogens with zero attached hydrogens (tertiary/aromatic N) is 1. The van der Waals surface area contributed by atoms with E-state index in [9.17, 15) is 26.4 Å². The van der Waals surface area contributed by atoms with E-state index in [2.05, 4.69) is 0 Å². The second-order valence-corrected chi connectivity index (χ2v) is 9.18. The molecule has 2 atom stereocenters. The molecule has 0 saturated heterocycles. The zero-order valence-electron chi connectivity index (χ0n) is 16.4. The van der Waals surface area contributed by atoms with Crippen LogP contribution in [-0.2, 0) is 10.0 Å². The van der Waals surface area contributed by atoms with Gasteiger partial charge in [-0.25, -0.2) is 8.42 Å². The number of hydrogen-bond donors (Lipinski definition) is 0. The summed E-state index contributed by atoms with van der Waals surface area (Å²) < 4.78 is 70.3. The number of Topliss-reactive ketones (excluding diaryl/α,β-unsaturated/α-hetero) is 1. The number of sulfonamides is 1. The minimum Gasteiger partial charge on any atom is -0.292 e. The van der Waals surface area contributed by atoms with Crippen molar-refractivity contribution in [2.75, 3.05) is 4.31 Å². The Morgan fingerprint density at radius 3 is 2.06 bits per heavy atom. The summed E-state index contributed by atoms with van der Waals surface area (Å²) in [5.41, 5.74) is 0.434. The standard InChI is InChI=1S/C23H18F3NO3S/c1-15-11-13-17(14-12-15)31(29,30)27-19-10-6-5-9-18(19)20(23(24,25)26)21(27)22(28)16-7-3-2-4-8-16/h2-14,20-21H,1H3/t20-,21-/m1/s1. The van der Waals surface area contributed by atoms with Gasteiger partial charge in [0.25, 0.3) is 10.0 Å². The van der Waals surface area contributed by atoms with Gasteiger partial charge in [-0.05, 0) is 30.7 Å². The van der Waals surface area contributed by atoms with Crippen LogP contribution in [0.3, 0.4) is 0 Å². The Morgan fingerprint density at radius 2 is 1.45 bits per heavy atom. The molecule has 0 spiro atoms. The van der Waals surface area contributed by atoms with E-state index in [0.29, 0.717) is 4.31 Å². The maximum atomic E-state index is 14.2. The molecule has 0 aliphatic carbocycles. The van der Waals surface area contributed by atoms with Gasteiger partial charge in [-0.2, -0.15) is 13.2 Å². The van der Waals surface area contributed by atoms with Gasteiger partial charge < -0.3 is 0 Å². The van der Waals surface area contributed by atoms with Gasteiger partial charge in [0.05, 0.1) is 10.6 Å². The predicted octanol–water partition coefficient (Wildman–Crippen LogP) is 5.10. The molecule has 3 aromatic rings. The number of ketones is 1. The molecule has 4 nitrogen and oxygen atoms in total. The van der Waals surface area contributed by atoms with Crippen LogP contribution in [-0.4, -0.2) is 26.4 Å². The number of alkyl halides is 3. The molecule has 0 radical (unpaired) electrons. The molecule has 4 rings (SSSR count). The smallest absolute Gasteiger partial charge is 0.292 e. The summed E-state index contributed by atoms with van der Waals surface area (Å²) >= 11 is 0. The van der Waals surface area contributed by atoms with Gasteiger partial charge in [0, 0.05) is 5.56 Å². The molecule has 0 unspecified atom stereocenters. The largest absolute Gasteiger partial charge is 0.398 e. The van der Waals surface area contributed by atoms with E-state index >= 15 is 0 Å². The fraction of sp³-hybridized carbons (Fsp3) is 0.174. The second kappa shape index (κ2) is 7.53. The molecule has 31 heavy (non-hydrogen) atoms. The topological polar surface area (TPSA) is 54.5 Å². The van der Waals surface area contributed by atoms with Gasteiger partial charge in [0.1, 0.15) is 12.0 Å². The fourth-order valence-electron chi connectivity index (χ4n) is 3.90. The van der Waals surface area contributed by atoms with E-state index < -0.39 is 33.9 Å². The number of hydrogen-bond acceptors (Lipinski definition) is 3. The lowest BCUT2D eigenvalue weighted by molar-refractivity contribution is -0.150. The van der Waals surface area contributed by atoms with E-state index in [0.717, 1.165) is 5.56 Å². The zero-order valence-corrected chi connectivity index (χ0v) is 17.2. The molecule has 3 aromatic carbocycles. The minimum absolute atomic E-state index is 0.0127. The molecule has 160 valence electrons. The molecule has 0 fully saturated rings. The maximum Gasteiger partial charge on any atom is 0.398 e. The van der Waals surface area contributed by atoms with Crippen molar-refractivity contribution in [3.63, 3.8) is 0 Å². The third-order valence-corrected chi connectivity index (χ3v) is 7.14. The first-order valence-corrected chi connectivity index (χ1v) is 10.9. The van der Waals surface area contributed by atoms with Crippen molar-refractivity contribution in [3.8, 4) is 0 Å². The van der Waals surface area contributed by atoms with E-state index in [1.807, 2.05) is 0 Å². The third-order valence-electron chi connectivity index (χ3n) is 5.34. The first-order chi connectivity index (χ1) is 14.6. The van der Waals surface area contributed by atoms with Crippen LogP contribution in [0.15, 0.2) is 83.8 Å². The van der Waals surface area contributed by atoms with Crippen LogP contribution in [0, 0.1) is 6.92 Å². The molecule has 0 aromatic heterocycles. The van der Waals surface area contributed by atoms with E-state index in [-0.39, 0.29) is 21.7 Å². The third kappa shape index (κ3) is 3.61. The number of carbonyl (C=O) groups excluding carboxylic acids is 1. The number of para-hydroxylation sites is 1. The Hall–Kier alpha value is -3.13. The minimum atomic E-state index is -4.83. The molecule has 1 aliphatic rings. The normalized spacial score (nSPS) is 18.6. The fourth-order valence-corrected chi connectivity index (χ4v) is 5.54. The second-order valence-electron chi connectivity index (χ2n) is 7.37. The van der Waals surface area contributed by atoms with Gasteiger partial charge in [-0.1, -0.05) is 66.2 Å². The van der Waals surface area contributed by atoms with Gasteiger partial charge in [0.15, 0.2) is 5.78 Å². The van der Waals surface area contributed by atoms with Gasteiger partial charge in [-0.3, -0.25) is 9.10 Å². The summed E-state index contributed by atoms with van der Waals surface area (Å²) in [5, 5.41) is 0. The summed E-state index contributed by atoms with van der Waals surface area (Å²) in [7, 11) is -4.45. The molecule has 0 bridgehead atoms. The molecule has 1 aliphatic heterocycles. The SMILES string of the molecule is Cc1ccc(S(=O)(=O)N2c3ccccc3[C@@H](C(F)(F)F)[C@@H]2C(=O)c2ccccc2)cc1. The first kappa shape index (κ1) is 21.1. The Labute approximate surface area is 178 Å². The number of carbonyl (C=O) groups is 1. The molecular weight excluding hydrogens is 427 g/mol. The summed E-state index contributed by atoms with van der Waals surface area (Å²) in [6, 6.07) is 16.6. The van der Waals surface area contributed by atoms with Crippen molar-refractivity contribution in [3.05, 3.63) is 95.6 Å². The Balaban J connectivity index is 1.96. The summed E-state index contributed by atoms with van der Waals surface area (Å²) in [4.78, 5) is 13.1. The number of anilines is 1. The van der Waals surface area contributed by atoms with Gasteiger partial charge >= 0.3 is 6.18 Å². The summed E-state index contributed by atoms with van der Waals surface area (Å²) in [6.45, 7) is 1.77. The quantitative estimate of drug-likeness (QED) is 0.525. The van der Waals surface area contributed by atoms with E-state index in [1.54, 1.807) is 25.1 Å². The number of fused-ring (bicyclic) bond motifs is 1. The summed E-state index contributed by atoms with van der Waals surface area (Å²) in [6.07, 6.45) is -4.83. The zero-order chi connectivity index (χ0) is 22.4. The first-order valence-electron chi connectivity index (χ1n) is 9.48. The average Bonchev–Trinajstić information content (AvgIpc) is 3.10. The van der Waals surface area contributed by atoms with Crippen LogP contribution in [0.25, 0.3) is 0 Å².